The van der Waals surface area contributed by atoms with Gasteiger partial charge in [0, 0.05) is 5.25 Å². The highest BCUT2D eigenvalue weighted by Crippen LogP contribution is 2.44. The van der Waals surface area contributed by atoms with Gasteiger partial charge in [-0.05, 0) is 40.0 Å². The Labute approximate surface area is 85.6 Å². The van der Waals surface area contributed by atoms with E-state index in [2.05, 4.69) is 37.9 Å². The van der Waals surface area contributed by atoms with Crippen LogP contribution in [0.25, 0.3) is 0 Å². The fourth-order valence-electron chi connectivity index (χ4n) is 0.960. The molecule has 0 saturated heterocycles. The fourth-order valence-corrected chi connectivity index (χ4v) is 2.31. The molecule has 0 radical (unpaired) electrons. The van der Waals surface area contributed by atoms with Crippen molar-refractivity contribution in [2.24, 2.45) is 10.2 Å². The molecule has 0 heterocycles. The van der Waals surface area contributed by atoms with Crippen LogP contribution in [-0.2, 0) is 0 Å². The van der Waals surface area contributed by atoms with Crippen LogP contribution in [0.3, 0.4) is 0 Å². The van der Waals surface area contributed by atoms with Crippen LogP contribution in [-0.4, -0.2) is 16.2 Å². The Hall–Kier alpha value is -0.0500. The minimum absolute atomic E-state index is 0.0332. The summed E-state index contributed by atoms with van der Waals surface area (Å²) in [6.07, 6.45) is 3.82. The van der Waals surface area contributed by atoms with Gasteiger partial charge in [-0.2, -0.15) is 10.2 Å². The summed E-state index contributed by atoms with van der Waals surface area (Å²) >= 11 is 1.99. The maximum absolute atomic E-state index is 4.44. The number of nitrogens with zero attached hydrogens (tertiary/aromatic N) is 2. The van der Waals surface area contributed by atoms with Crippen molar-refractivity contribution in [1.29, 1.82) is 0 Å². The molecule has 76 valence electrons. The molecular formula is C10H20N2S. The van der Waals surface area contributed by atoms with E-state index >= 15 is 0 Å². The molecule has 0 bridgehead atoms. The molecule has 0 amide bonds. The monoisotopic (exact) mass is 200 g/mol. The molecule has 1 atom stereocenters. The quantitative estimate of drug-likeness (QED) is 0.618. The first kappa shape index (κ1) is 11.0. The maximum Gasteiger partial charge on any atom is 0.124 e. The first-order chi connectivity index (χ1) is 6.06. The van der Waals surface area contributed by atoms with E-state index < -0.39 is 0 Å². The SMILES string of the molecule is CCC(C)(N=NC(C)C)SC1CC1. The number of thioether (sulfide) groups is 1. The Kier molecular flexibility index (Phi) is 3.77. The van der Waals surface area contributed by atoms with Crippen LogP contribution in [0.5, 0.6) is 0 Å². The summed E-state index contributed by atoms with van der Waals surface area (Å²) in [5.74, 6) is 0. The lowest BCUT2D eigenvalue weighted by Gasteiger charge is -2.21. The van der Waals surface area contributed by atoms with Crippen LogP contribution in [0.15, 0.2) is 10.2 Å². The van der Waals surface area contributed by atoms with Crippen LogP contribution in [0.2, 0.25) is 0 Å². The van der Waals surface area contributed by atoms with Crippen molar-refractivity contribution in [2.75, 3.05) is 0 Å². The average molecular weight is 200 g/mol. The van der Waals surface area contributed by atoms with E-state index in [1.165, 1.54) is 12.8 Å². The third-order valence-electron chi connectivity index (χ3n) is 2.10. The predicted octanol–water partition coefficient (Wildman–Crippen LogP) is 3.87. The van der Waals surface area contributed by atoms with Gasteiger partial charge in [0.1, 0.15) is 4.87 Å². The molecule has 1 rings (SSSR count). The standard InChI is InChI=1S/C10H20N2S/c1-5-10(4,12-11-8(2)3)13-9-6-7-9/h8-9H,5-7H2,1-4H3. The Morgan fingerprint density at radius 2 is 2.08 bits per heavy atom. The predicted molar refractivity (Wildman–Crippen MR) is 59.3 cm³/mol. The second-order valence-corrected chi connectivity index (χ2v) is 5.94. The highest BCUT2D eigenvalue weighted by Gasteiger charge is 2.32. The van der Waals surface area contributed by atoms with Crippen molar-refractivity contribution in [1.82, 2.24) is 0 Å². The van der Waals surface area contributed by atoms with Crippen LogP contribution in [0.4, 0.5) is 0 Å². The van der Waals surface area contributed by atoms with Gasteiger partial charge in [0.25, 0.3) is 0 Å². The van der Waals surface area contributed by atoms with Crippen LogP contribution >= 0.6 is 11.8 Å². The molecule has 0 aromatic heterocycles. The molecule has 1 unspecified atom stereocenters. The van der Waals surface area contributed by atoms with Crippen molar-refractivity contribution in [2.45, 2.75) is 63.1 Å². The Morgan fingerprint density at radius 3 is 2.46 bits per heavy atom. The van der Waals surface area contributed by atoms with Crippen molar-refractivity contribution >= 4 is 11.8 Å². The van der Waals surface area contributed by atoms with Crippen molar-refractivity contribution in [3.63, 3.8) is 0 Å². The van der Waals surface area contributed by atoms with Crippen molar-refractivity contribution in [3.8, 4) is 0 Å². The topological polar surface area (TPSA) is 24.7 Å². The number of hydrogen-bond acceptors (Lipinski definition) is 3. The molecule has 0 spiro atoms. The van der Waals surface area contributed by atoms with Crippen LogP contribution in [0.1, 0.15) is 47.0 Å². The Balaban J connectivity index is 2.45. The second-order valence-electron chi connectivity index (χ2n) is 4.16. The molecule has 1 saturated carbocycles. The summed E-state index contributed by atoms with van der Waals surface area (Å²) in [7, 11) is 0. The lowest BCUT2D eigenvalue weighted by Crippen LogP contribution is -2.16. The van der Waals surface area contributed by atoms with Gasteiger partial charge in [-0.25, -0.2) is 0 Å². The summed E-state index contributed by atoms with van der Waals surface area (Å²) < 4.78 is 0. The molecule has 1 aliphatic rings. The number of hydrogen-bond donors (Lipinski definition) is 0. The largest absolute Gasteiger partial charge is 0.190 e. The zero-order chi connectivity index (χ0) is 9.90. The van der Waals surface area contributed by atoms with E-state index in [-0.39, 0.29) is 4.87 Å². The number of azo groups is 1. The molecule has 1 aliphatic carbocycles. The molecule has 2 nitrogen and oxygen atoms in total. The summed E-state index contributed by atoms with van der Waals surface area (Å²) in [6, 6.07) is 0.325. The minimum Gasteiger partial charge on any atom is -0.190 e. The van der Waals surface area contributed by atoms with Gasteiger partial charge in [0.05, 0.1) is 6.04 Å². The zero-order valence-electron chi connectivity index (χ0n) is 9.08. The maximum atomic E-state index is 4.44. The van der Waals surface area contributed by atoms with Gasteiger partial charge in [-0.3, -0.25) is 0 Å². The highest BCUT2D eigenvalue weighted by molar-refractivity contribution is 8.01. The van der Waals surface area contributed by atoms with E-state index in [9.17, 15) is 0 Å². The van der Waals surface area contributed by atoms with E-state index in [4.69, 9.17) is 0 Å². The fraction of sp³-hybridized carbons (Fsp3) is 1.00. The van der Waals surface area contributed by atoms with E-state index in [1.807, 2.05) is 11.8 Å². The highest BCUT2D eigenvalue weighted by atomic mass is 32.2. The van der Waals surface area contributed by atoms with Crippen LogP contribution < -0.4 is 0 Å². The summed E-state index contributed by atoms with van der Waals surface area (Å²) in [4.78, 5) is 0.0332. The Morgan fingerprint density at radius 1 is 1.46 bits per heavy atom. The van der Waals surface area contributed by atoms with Gasteiger partial charge < -0.3 is 0 Å². The summed E-state index contributed by atoms with van der Waals surface area (Å²) in [5, 5.41) is 9.55. The van der Waals surface area contributed by atoms with Gasteiger partial charge >= 0.3 is 0 Å². The number of rotatable bonds is 5. The first-order valence-corrected chi connectivity index (χ1v) is 6.03. The van der Waals surface area contributed by atoms with Crippen molar-refractivity contribution in [3.05, 3.63) is 0 Å². The minimum atomic E-state index is 0.0332. The first-order valence-electron chi connectivity index (χ1n) is 5.15. The normalized spacial score (nSPS) is 22.5. The van der Waals surface area contributed by atoms with Gasteiger partial charge in [0.2, 0.25) is 0 Å². The Bertz CT molecular complexity index is 187. The van der Waals surface area contributed by atoms with Crippen molar-refractivity contribution < 1.29 is 0 Å². The summed E-state index contributed by atoms with van der Waals surface area (Å²) in [6.45, 7) is 8.53. The van der Waals surface area contributed by atoms with Crippen LogP contribution in [0, 0.1) is 0 Å². The van der Waals surface area contributed by atoms with Gasteiger partial charge in [-0.1, -0.05) is 6.92 Å². The van der Waals surface area contributed by atoms with E-state index in [1.54, 1.807) is 0 Å². The smallest absolute Gasteiger partial charge is 0.124 e. The lowest BCUT2D eigenvalue weighted by atomic mass is 10.3. The van der Waals surface area contributed by atoms with E-state index in [0.717, 1.165) is 11.7 Å². The average Bonchev–Trinajstić information content (AvgIpc) is 2.85. The molecule has 0 N–H and O–H groups in total. The van der Waals surface area contributed by atoms with Gasteiger partial charge in [0.15, 0.2) is 0 Å². The molecule has 0 aromatic carbocycles. The lowest BCUT2D eigenvalue weighted by molar-refractivity contribution is 0.582. The van der Waals surface area contributed by atoms with Gasteiger partial charge in [-0.15, -0.1) is 11.8 Å². The summed E-state index contributed by atoms with van der Waals surface area (Å²) in [5.41, 5.74) is 0. The third kappa shape index (κ3) is 4.12. The second kappa shape index (κ2) is 4.45. The zero-order valence-corrected chi connectivity index (χ0v) is 9.90. The molecule has 1 fully saturated rings. The molecule has 3 heteroatoms. The van der Waals surface area contributed by atoms with E-state index in [0.29, 0.717) is 6.04 Å². The molecule has 0 aliphatic heterocycles. The third-order valence-corrected chi connectivity index (χ3v) is 3.78. The molecular weight excluding hydrogens is 180 g/mol. The molecule has 13 heavy (non-hydrogen) atoms. The molecule has 0 aromatic rings.